The van der Waals surface area contributed by atoms with E-state index in [9.17, 15) is 0 Å². The smallest absolute Gasteiger partial charge is 0.165 e. The van der Waals surface area contributed by atoms with Gasteiger partial charge in [0.25, 0.3) is 0 Å². The minimum atomic E-state index is 0.634. The molecule has 3 heterocycles. The Morgan fingerprint density at radius 1 is 0.350 bits per heavy atom. The van der Waals surface area contributed by atoms with E-state index >= 15 is 0 Å². The van der Waals surface area contributed by atoms with Gasteiger partial charge in [-0.15, -0.1) is 11.3 Å². The van der Waals surface area contributed by atoms with E-state index in [1.165, 1.54) is 53.9 Å². The average molecular weight is 783 g/mol. The van der Waals surface area contributed by atoms with Crippen LogP contribution < -0.4 is 0 Å². The number of thiophene rings is 1. The van der Waals surface area contributed by atoms with Gasteiger partial charge in [0.1, 0.15) is 0 Å². The number of para-hydroxylation sites is 2. The zero-order valence-corrected chi connectivity index (χ0v) is 33.1. The van der Waals surface area contributed by atoms with Crippen LogP contribution in [0, 0.1) is 0 Å². The van der Waals surface area contributed by atoms with Crippen molar-refractivity contribution >= 4 is 64.1 Å². The molecule has 0 fully saturated rings. The molecule has 5 heteroatoms. The van der Waals surface area contributed by atoms with Crippen LogP contribution in [0.2, 0.25) is 0 Å². The number of nitrogens with zero attached hydrogens (tertiary/aromatic N) is 4. The van der Waals surface area contributed by atoms with Gasteiger partial charge in [-0.2, -0.15) is 0 Å². The molecule has 280 valence electrons. The number of benzene rings is 9. The summed E-state index contributed by atoms with van der Waals surface area (Å²) in [5.74, 6) is 1.93. The van der Waals surface area contributed by atoms with E-state index in [2.05, 4.69) is 193 Å². The van der Waals surface area contributed by atoms with Crippen LogP contribution in [0.3, 0.4) is 0 Å². The second-order valence-electron chi connectivity index (χ2n) is 15.2. The zero-order valence-electron chi connectivity index (χ0n) is 32.3. The molecule has 0 aliphatic heterocycles. The highest BCUT2D eigenvalue weighted by Crippen LogP contribution is 2.45. The fourth-order valence-corrected chi connectivity index (χ4v) is 9.97. The highest BCUT2D eigenvalue weighted by atomic mass is 32.1. The molecular weight excluding hydrogens is 749 g/mol. The Morgan fingerprint density at radius 3 is 1.67 bits per heavy atom. The molecular formula is C55H34N4S. The molecule has 0 saturated carbocycles. The Balaban J connectivity index is 1.06. The Kier molecular flexibility index (Phi) is 8.00. The van der Waals surface area contributed by atoms with Crippen molar-refractivity contribution in [2.75, 3.05) is 0 Å². The Morgan fingerprint density at radius 2 is 0.900 bits per heavy atom. The van der Waals surface area contributed by atoms with Crippen LogP contribution in [0.5, 0.6) is 0 Å². The molecule has 0 unspecified atom stereocenters. The standard InChI is InChI=1S/C55H34N4S/c1-4-14-35(15-5-1)36-24-26-37(27-25-36)39-29-31-50-46(32-39)51-43-21-11-10-18-40(43)33-47(52(51)60-50)55-57-53(38-16-6-2-7-17-38)56-54(58-55)41-28-30-45-44-22-12-13-23-48(44)59(49(45)34-41)42-19-8-3-9-20-42/h1-34H. The van der Waals surface area contributed by atoms with Crippen molar-refractivity contribution in [3.8, 4) is 62.1 Å². The summed E-state index contributed by atoms with van der Waals surface area (Å²) < 4.78 is 4.73. The molecule has 12 rings (SSSR count). The molecule has 0 bridgehead atoms. The minimum Gasteiger partial charge on any atom is -0.309 e. The maximum atomic E-state index is 5.36. The zero-order chi connectivity index (χ0) is 39.6. The van der Waals surface area contributed by atoms with Gasteiger partial charge in [-0.25, -0.2) is 15.0 Å². The van der Waals surface area contributed by atoms with E-state index in [1.807, 2.05) is 18.2 Å². The van der Waals surface area contributed by atoms with Crippen molar-refractivity contribution < 1.29 is 0 Å². The average Bonchev–Trinajstić information content (AvgIpc) is 3.88. The van der Waals surface area contributed by atoms with Crippen LogP contribution in [0.1, 0.15) is 0 Å². The van der Waals surface area contributed by atoms with Crippen molar-refractivity contribution in [3.63, 3.8) is 0 Å². The van der Waals surface area contributed by atoms with Gasteiger partial charge in [0, 0.05) is 53.3 Å². The van der Waals surface area contributed by atoms with Gasteiger partial charge in [0.15, 0.2) is 17.5 Å². The molecule has 0 spiro atoms. The fraction of sp³-hybridized carbons (Fsp3) is 0. The predicted octanol–water partition coefficient (Wildman–Crippen LogP) is 14.8. The van der Waals surface area contributed by atoms with Gasteiger partial charge in [-0.3, -0.25) is 0 Å². The molecule has 0 N–H and O–H groups in total. The molecule has 12 aromatic rings. The summed E-state index contributed by atoms with van der Waals surface area (Å²) in [6, 6.07) is 73.3. The molecule has 4 nitrogen and oxygen atoms in total. The van der Waals surface area contributed by atoms with Gasteiger partial charge in [0.2, 0.25) is 0 Å². The predicted molar refractivity (Wildman–Crippen MR) is 252 cm³/mol. The molecule has 0 amide bonds. The molecule has 0 saturated heterocycles. The molecule has 60 heavy (non-hydrogen) atoms. The monoisotopic (exact) mass is 782 g/mol. The third-order valence-electron chi connectivity index (χ3n) is 11.6. The second kappa shape index (κ2) is 14.0. The van der Waals surface area contributed by atoms with E-state index in [0.29, 0.717) is 17.5 Å². The molecule has 3 aromatic heterocycles. The lowest BCUT2D eigenvalue weighted by atomic mass is 9.97. The first-order chi connectivity index (χ1) is 29.7. The summed E-state index contributed by atoms with van der Waals surface area (Å²) >= 11 is 1.81. The molecule has 0 aliphatic carbocycles. The third kappa shape index (κ3) is 5.70. The summed E-state index contributed by atoms with van der Waals surface area (Å²) in [4.78, 5) is 15.8. The topological polar surface area (TPSA) is 43.6 Å². The van der Waals surface area contributed by atoms with Crippen molar-refractivity contribution in [1.82, 2.24) is 19.5 Å². The number of fused-ring (bicyclic) bond motifs is 8. The quantitative estimate of drug-likeness (QED) is 0.169. The number of hydrogen-bond donors (Lipinski definition) is 0. The maximum absolute atomic E-state index is 5.36. The van der Waals surface area contributed by atoms with Crippen molar-refractivity contribution in [1.29, 1.82) is 0 Å². The van der Waals surface area contributed by atoms with Gasteiger partial charge in [0.05, 0.1) is 11.0 Å². The van der Waals surface area contributed by atoms with Crippen LogP contribution in [0.15, 0.2) is 206 Å². The van der Waals surface area contributed by atoms with Crippen LogP contribution >= 0.6 is 11.3 Å². The van der Waals surface area contributed by atoms with Gasteiger partial charge in [-0.05, 0) is 75.5 Å². The lowest BCUT2D eigenvalue weighted by Crippen LogP contribution is -2.01. The van der Waals surface area contributed by atoms with E-state index in [4.69, 9.17) is 15.0 Å². The third-order valence-corrected chi connectivity index (χ3v) is 12.8. The summed E-state index contributed by atoms with van der Waals surface area (Å²) in [6.07, 6.45) is 0. The number of rotatable bonds is 6. The van der Waals surface area contributed by atoms with Crippen LogP contribution in [0.4, 0.5) is 0 Å². The first-order valence-electron chi connectivity index (χ1n) is 20.2. The lowest BCUT2D eigenvalue weighted by Gasteiger charge is -2.12. The molecule has 0 atom stereocenters. The summed E-state index contributed by atoms with van der Waals surface area (Å²) in [7, 11) is 0. The fourth-order valence-electron chi connectivity index (χ4n) is 8.76. The first-order valence-corrected chi connectivity index (χ1v) is 21.0. The minimum absolute atomic E-state index is 0.634. The van der Waals surface area contributed by atoms with Crippen LogP contribution in [-0.2, 0) is 0 Å². The van der Waals surface area contributed by atoms with E-state index < -0.39 is 0 Å². The molecule has 0 aliphatic rings. The number of hydrogen-bond acceptors (Lipinski definition) is 4. The largest absolute Gasteiger partial charge is 0.309 e. The summed E-state index contributed by atoms with van der Waals surface area (Å²) in [5, 5.41) is 7.21. The lowest BCUT2D eigenvalue weighted by molar-refractivity contribution is 1.08. The van der Waals surface area contributed by atoms with Gasteiger partial charge in [-0.1, -0.05) is 164 Å². The van der Waals surface area contributed by atoms with Crippen molar-refractivity contribution in [2.45, 2.75) is 0 Å². The maximum Gasteiger partial charge on any atom is 0.165 e. The van der Waals surface area contributed by atoms with Crippen LogP contribution in [0.25, 0.3) is 115 Å². The SMILES string of the molecule is c1ccc(-c2ccc(-c3ccc4sc5c(-c6nc(-c7ccccc7)nc(-c7ccc8c9ccccc9n(-c9ccccc9)c8c7)n6)cc6ccccc6c5c4c3)cc2)cc1. The first kappa shape index (κ1) is 34.3. The summed E-state index contributed by atoms with van der Waals surface area (Å²) in [5.41, 5.74) is 11.0. The van der Waals surface area contributed by atoms with Gasteiger partial charge < -0.3 is 4.57 Å². The highest BCUT2D eigenvalue weighted by Gasteiger charge is 2.21. The van der Waals surface area contributed by atoms with Gasteiger partial charge >= 0.3 is 0 Å². The van der Waals surface area contributed by atoms with Crippen molar-refractivity contribution in [2.24, 2.45) is 0 Å². The number of aromatic nitrogens is 4. The van der Waals surface area contributed by atoms with Crippen LogP contribution in [-0.4, -0.2) is 19.5 Å². The van der Waals surface area contributed by atoms with E-state index in [1.54, 1.807) is 11.3 Å². The second-order valence-corrected chi connectivity index (χ2v) is 16.3. The Bertz CT molecular complexity index is 3570. The molecule has 0 radical (unpaired) electrons. The van der Waals surface area contributed by atoms with E-state index in [0.717, 1.165) is 43.5 Å². The molecule has 9 aromatic carbocycles. The Labute approximate surface area is 350 Å². The Hall–Kier alpha value is -7.73. The normalized spacial score (nSPS) is 11.7. The highest BCUT2D eigenvalue weighted by molar-refractivity contribution is 7.26. The summed E-state index contributed by atoms with van der Waals surface area (Å²) in [6.45, 7) is 0. The van der Waals surface area contributed by atoms with Crippen molar-refractivity contribution in [3.05, 3.63) is 206 Å². The van der Waals surface area contributed by atoms with E-state index in [-0.39, 0.29) is 0 Å².